The van der Waals surface area contributed by atoms with Crippen molar-refractivity contribution < 1.29 is 19.1 Å². The van der Waals surface area contributed by atoms with E-state index in [1.165, 1.54) is 0 Å². The fraction of sp³-hybridized carbons (Fsp3) is 0.846. The van der Waals surface area contributed by atoms with E-state index in [2.05, 4.69) is 0 Å². The summed E-state index contributed by atoms with van der Waals surface area (Å²) in [6.45, 7) is 4.46. The summed E-state index contributed by atoms with van der Waals surface area (Å²) in [5.74, 6) is 0.232. The van der Waals surface area contributed by atoms with E-state index < -0.39 is 0 Å². The minimum atomic E-state index is -0.301. The van der Waals surface area contributed by atoms with E-state index >= 15 is 0 Å². The number of nitrogens with zero attached hydrogens (tertiary/aromatic N) is 1. The molecule has 1 fully saturated rings. The molecule has 18 heavy (non-hydrogen) atoms. The van der Waals surface area contributed by atoms with Crippen molar-refractivity contribution in [3.63, 3.8) is 0 Å². The lowest BCUT2D eigenvalue weighted by Gasteiger charge is -2.27. The van der Waals surface area contributed by atoms with Gasteiger partial charge in [-0.1, -0.05) is 0 Å². The van der Waals surface area contributed by atoms with Gasteiger partial charge in [-0.05, 0) is 25.7 Å². The monoisotopic (exact) mass is 257 g/mol. The molecule has 0 aromatic heterocycles. The first-order valence-corrected chi connectivity index (χ1v) is 6.60. The zero-order valence-electron chi connectivity index (χ0n) is 11.3. The Morgan fingerprint density at radius 1 is 1.28 bits per heavy atom. The minimum absolute atomic E-state index is 0.00884. The van der Waals surface area contributed by atoms with Crippen LogP contribution in [0.25, 0.3) is 0 Å². The molecule has 0 spiro atoms. The lowest BCUT2D eigenvalue weighted by molar-refractivity contribution is -0.145. The molecule has 0 unspecified atom stereocenters. The van der Waals surface area contributed by atoms with Crippen LogP contribution in [-0.4, -0.2) is 50.2 Å². The first-order valence-electron chi connectivity index (χ1n) is 6.60. The molecule has 104 valence electrons. The summed E-state index contributed by atoms with van der Waals surface area (Å²) in [6, 6.07) is 0. The Labute approximate surface area is 108 Å². The van der Waals surface area contributed by atoms with E-state index in [0.717, 1.165) is 32.6 Å². The molecular weight excluding hydrogens is 234 g/mol. The number of rotatable bonds is 6. The maximum atomic E-state index is 11.8. The van der Waals surface area contributed by atoms with Gasteiger partial charge in [0, 0.05) is 33.2 Å². The van der Waals surface area contributed by atoms with Crippen LogP contribution in [0, 0.1) is 5.92 Å². The van der Waals surface area contributed by atoms with Gasteiger partial charge in [-0.15, -0.1) is 0 Å². The summed E-state index contributed by atoms with van der Waals surface area (Å²) in [5.41, 5.74) is 0. The molecule has 0 saturated carbocycles. The third-order valence-corrected chi connectivity index (χ3v) is 3.15. The van der Waals surface area contributed by atoms with Crippen LogP contribution in [0.3, 0.4) is 0 Å². The maximum Gasteiger partial charge on any atom is 0.306 e. The molecule has 1 aliphatic rings. The molecule has 1 aliphatic heterocycles. The molecule has 1 amide bonds. The van der Waals surface area contributed by atoms with Gasteiger partial charge in [-0.3, -0.25) is 9.59 Å². The summed E-state index contributed by atoms with van der Waals surface area (Å²) >= 11 is 0. The second-order valence-corrected chi connectivity index (χ2v) is 4.64. The molecule has 0 aromatic carbocycles. The summed E-state index contributed by atoms with van der Waals surface area (Å²) < 4.78 is 10.1. The van der Waals surface area contributed by atoms with Crippen molar-refractivity contribution in [3.05, 3.63) is 0 Å². The standard InChI is InChI=1S/C13H23NO4/c1-3-18-13(16)5-4-12(15)14(2)10-11-6-8-17-9-7-11/h11H,3-10H2,1-2H3. The van der Waals surface area contributed by atoms with Gasteiger partial charge in [0.15, 0.2) is 0 Å². The highest BCUT2D eigenvalue weighted by molar-refractivity contribution is 5.81. The molecule has 1 rings (SSSR count). The molecule has 0 radical (unpaired) electrons. The highest BCUT2D eigenvalue weighted by Gasteiger charge is 2.19. The van der Waals surface area contributed by atoms with Crippen LogP contribution >= 0.6 is 0 Å². The van der Waals surface area contributed by atoms with E-state index in [4.69, 9.17) is 9.47 Å². The Balaban J connectivity index is 2.21. The van der Waals surface area contributed by atoms with Gasteiger partial charge in [0.2, 0.25) is 5.91 Å². The number of ether oxygens (including phenoxy) is 2. The van der Waals surface area contributed by atoms with E-state index in [-0.39, 0.29) is 24.7 Å². The lowest BCUT2D eigenvalue weighted by Crippen LogP contribution is -2.34. The molecule has 5 nitrogen and oxygen atoms in total. The molecule has 5 heteroatoms. The Kier molecular flexibility index (Phi) is 6.72. The van der Waals surface area contributed by atoms with Gasteiger partial charge >= 0.3 is 5.97 Å². The molecule has 1 saturated heterocycles. The zero-order chi connectivity index (χ0) is 13.4. The number of hydrogen-bond donors (Lipinski definition) is 0. The Bertz CT molecular complexity index is 274. The smallest absolute Gasteiger partial charge is 0.306 e. The second kappa shape index (κ2) is 8.08. The van der Waals surface area contributed by atoms with Gasteiger partial charge in [0.1, 0.15) is 0 Å². The first kappa shape index (κ1) is 15.0. The Morgan fingerprint density at radius 2 is 1.94 bits per heavy atom. The topological polar surface area (TPSA) is 55.8 Å². The average Bonchev–Trinajstić information content (AvgIpc) is 2.37. The third-order valence-electron chi connectivity index (χ3n) is 3.15. The van der Waals surface area contributed by atoms with Crippen LogP contribution in [0.15, 0.2) is 0 Å². The summed E-state index contributed by atoms with van der Waals surface area (Å²) in [6.07, 6.45) is 2.42. The zero-order valence-corrected chi connectivity index (χ0v) is 11.3. The van der Waals surface area contributed by atoms with Crippen LogP contribution in [0.2, 0.25) is 0 Å². The third kappa shape index (κ3) is 5.49. The molecule has 0 N–H and O–H groups in total. The van der Waals surface area contributed by atoms with Crippen molar-refractivity contribution in [2.75, 3.05) is 33.4 Å². The molecule has 0 bridgehead atoms. The number of amides is 1. The van der Waals surface area contributed by atoms with Crippen molar-refractivity contribution in [2.24, 2.45) is 5.92 Å². The summed E-state index contributed by atoms with van der Waals surface area (Å²) in [5, 5.41) is 0. The van der Waals surface area contributed by atoms with E-state index in [1.54, 1.807) is 18.9 Å². The van der Waals surface area contributed by atoms with Crippen LogP contribution in [0.1, 0.15) is 32.6 Å². The average molecular weight is 257 g/mol. The predicted octanol–water partition coefficient (Wildman–Crippen LogP) is 1.21. The van der Waals surface area contributed by atoms with Crippen molar-refractivity contribution in [1.82, 2.24) is 4.90 Å². The first-order chi connectivity index (χ1) is 8.63. The van der Waals surface area contributed by atoms with Gasteiger partial charge < -0.3 is 14.4 Å². The molecule has 0 aromatic rings. The second-order valence-electron chi connectivity index (χ2n) is 4.64. The van der Waals surface area contributed by atoms with E-state index in [9.17, 15) is 9.59 Å². The number of esters is 1. The van der Waals surface area contributed by atoms with Gasteiger partial charge in [0.05, 0.1) is 13.0 Å². The molecule has 1 heterocycles. The molecular formula is C13H23NO4. The van der Waals surface area contributed by atoms with Gasteiger partial charge in [0.25, 0.3) is 0 Å². The molecule has 0 atom stereocenters. The quantitative estimate of drug-likeness (QED) is 0.671. The van der Waals surface area contributed by atoms with Gasteiger partial charge in [-0.2, -0.15) is 0 Å². The van der Waals surface area contributed by atoms with E-state index in [0.29, 0.717) is 12.5 Å². The number of carbonyl (C=O) groups is 2. The van der Waals surface area contributed by atoms with Crippen molar-refractivity contribution >= 4 is 11.9 Å². The van der Waals surface area contributed by atoms with Crippen molar-refractivity contribution in [1.29, 1.82) is 0 Å². The normalized spacial score (nSPS) is 16.3. The lowest BCUT2D eigenvalue weighted by atomic mass is 10.00. The molecule has 0 aliphatic carbocycles. The fourth-order valence-electron chi connectivity index (χ4n) is 2.05. The van der Waals surface area contributed by atoms with E-state index in [1.807, 2.05) is 0 Å². The largest absolute Gasteiger partial charge is 0.466 e. The number of hydrogen-bond acceptors (Lipinski definition) is 4. The predicted molar refractivity (Wildman–Crippen MR) is 67.0 cm³/mol. The van der Waals surface area contributed by atoms with Gasteiger partial charge in [-0.25, -0.2) is 0 Å². The van der Waals surface area contributed by atoms with Crippen LogP contribution < -0.4 is 0 Å². The van der Waals surface area contributed by atoms with Crippen LogP contribution in [0.5, 0.6) is 0 Å². The highest BCUT2D eigenvalue weighted by atomic mass is 16.5. The Hall–Kier alpha value is -1.10. The Morgan fingerprint density at radius 3 is 2.56 bits per heavy atom. The van der Waals surface area contributed by atoms with Crippen LogP contribution in [-0.2, 0) is 19.1 Å². The maximum absolute atomic E-state index is 11.8. The fourth-order valence-corrected chi connectivity index (χ4v) is 2.05. The summed E-state index contributed by atoms with van der Waals surface area (Å²) in [4.78, 5) is 24.7. The van der Waals surface area contributed by atoms with Crippen molar-refractivity contribution in [2.45, 2.75) is 32.6 Å². The SMILES string of the molecule is CCOC(=O)CCC(=O)N(C)CC1CCOCC1. The van der Waals surface area contributed by atoms with Crippen LogP contribution in [0.4, 0.5) is 0 Å². The minimum Gasteiger partial charge on any atom is -0.466 e. The summed E-state index contributed by atoms with van der Waals surface area (Å²) in [7, 11) is 1.79. The highest BCUT2D eigenvalue weighted by Crippen LogP contribution is 2.16. The van der Waals surface area contributed by atoms with Crippen molar-refractivity contribution in [3.8, 4) is 0 Å². The number of carbonyl (C=O) groups excluding carboxylic acids is 2.